The minimum absolute atomic E-state index is 0.0308. The van der Waals surface area contributed by atoms with Crippen molar-refractivity contribution < 1.29 is 4.79 Å². The number of hydrogen-bond acceptors (Lipinski definition) is 7. The van der Waals surface area contributed by atoms with Crippen LogP contribution in [-0.4, -0.2) is 21.0 Å². The number of Topliss-reactive ketones (excluding diaryl/α,β-unsaturated/α-hetero) is 1. The minimum atomic E-state index is -0.451. The van der Waals surface area contributed by atoms with E-state index in [9.17, 15) is 10.1 Å². The van der Waals surface area contributed by atoms with Gasteiger partial charge in [-0.25, -0.2) is 5.10 Å². The van der Waals surface area contributed by atoms with E-state index in [1.165, 1.54) is 17.7 Å². The second-order valence-electron chi connectivity index (χ2n) is 7.30. The van der Waals surface area contributed by atoms with Gasteiger partial charge in [-0.3, -0.25) is 9.69 Å². The number of ketones is 1. The lowest BCUT2D eigenvalue weighted by molar-refractivity contribution is -0.116. The van der Waals surface area contributed by atoms with E-state index in [4.69, 9.17) is 5.73 Å². The number of allylic oxidation sites excluding steroid dienone is 3. The monoisotopic (exact) mass is 414 g/mol. The Morgan fingerprint density at radius 3 is 2.70 bits per heavy atom. The quantitative estimate of drug-likeness (QED) is 0.678. The highest BCUT2D eigenvalue weighted by atomic mass is 32.1. The summed E-state index contributed by atoms with van der Waals surface area (Å²) in [6, 6.07) is 16.1. The Morgan fingerprint density at radius 2 is 2.03 bits per heavy atom. The first-order valence-corrected chi connectivity index (χ1v) is 10.5. The molecule has 1 aliphatic carbocycles. The molecule has 0 spiro atoms. The zero-order valence-corrected chi connectivity index (χ0v) is 16.8. The largest absolute Gasteiger partial charge is 0.384 e. The van der Waals surface area contributed by atoms with Crippen molar-refractivity contribution in [3.05, 3.63) is 87.3 Å². The molecule has 3 heterocycles. The first kappa shape index (κ1) is 18.3. The lowest BCUT2D eigenvalue weighted by Crippen LogP contribution is -2.40. The molecule has 8 heteroatoms. The maximum absolute atomic E-state index is 13.5. The third kappa shape index (κ3) is 2.83. The molecular formula is C22H18N6OS. The lowest BCUT2D eigenvalue weighted by Gasteiger charge is -2.39. The van der Waals surface area contributed by atoms with Gasteiger partial charge in [-0.05, 0) is 29.3 Å². The molecule has 148 valence electrons. The molecule has 0 radical (unpaired) electrons. The molecule has 2 aromatic heterocycles. The molecule has 0 amide bonds. The van der Waals surface area contributed by atoms with E-state index in [0.29, 0.717) is 29.9 Å². The Hall–Kier alpha value is -3.70. The number of nitrogens with zero attached hydrogens (tertiary/aromatic N) is 4. The summed E-state index contributed by atoms with van der Waals surface area (Å²) in [7, 11) is 0. The van der Waals surface area contributed by atoms with Crippen molar-refractivity contribution in [3.8, 4) is 6.07 Å². The standard InChI is InChI=1S/C22H18N6OS/c23-11-15-19(18-7-4-8-30-18)20-16(28(21(15)24)22-25-12-26-27-22)9-14(10-17(20)29)13-5-2-1-3-6-13/h1-8,12,14,19H,9-10,24H2,(H,25,26,27). The number of carbonyl (C=O) groups is 1. The average molecular weight is 414 g/mol. The second kappa shape index (κ2) is 7.28. The third-order valence-electron chi connectivity index (χ3n) is 5.68. The Kier molecular flexibility index (Phi) is 4.45. The van der Waals surface area contributed by atoms with E-state index in [1.54, 1.807) is 4.90 Å². The number of hydrogen-bond donors (Lipinski definition) is 2. The molecular weight excluding hydrogens is 396 g/mol. The number of anilines is 1. The van der Waals surface area contributed by atoms with Gasteiger partial charge in [0.2, 0.25) is 5.95 Å². The van der Waals surface area contributed by atoms with Gasteiger partial charge >= 0.3 is 0 Å². The highest BCUT2D eigenvalue weighted by Crippen LogP contribution is 2.49. The van der Waals surface area contributed by atoms with Gasteiger partial charge < -0.3 is 5.73 Å². The van der Waals surface area contributed by atoms with Crippen molar-refractivity contribution in [2.75, 3.05) is 4.90 Å². The number of benzene rings is 1. The van der Waals surface area contributed by atoms with E-state index in [-0.39, 0.29) is 17.5 Å². The molecule has 30 heavy (non-hydrogen) atoms. The number of aromatic nitrogens is 3. The topological polar surface area (TPSA) is 112 Å². The fraction of sp³-hybridized carbons (Fsp3) is 0.182. The van der Waals surface area contributed by atoms with Gasteiger partial charge in [-0.2, -0.15) is 15.3 Å². The van der Waals surface area contributed by atoms with Crippen molar-refractivity contribution in [1.82, 2.24) is 15.2 Å². The third-order valence-corrected chi connectivity index (χ3v) is 6.62. The summed E-state index contributed by atoms with van der Waals surface area (Å²) in [6.45, 7) is 0. The van der Waals surface area contributed by atoms with Crippen LogP contribution in [-0.2, 0) is 4.79 Å². The first-order valence-electron chi connectivity index (χ1n) is 9.58. The van der Waals surface area contributed by atoms with Gasteiger partial charge in [0.15, 0.2) is 5.78 Å². The molecule has 0 bridgehead atoms. The van der Waals surface area contributed by atoms with Crippen LogP contribution in [0.25, 0.3) is 0 Å². The highest BCUT2D eigenvalue weighted by Gasteiger charge is 2.43. The maximum atomic E-state index is 13.5. The van der Waals surface area contributed by atoms with Crippen LogP contribution in [0.4, 0.5) is 5.95 Å². The smallest absolute Gasteiger partial charge is 0.231 e. The number of nitrogens with two attached hydrogens (primary N) is 1. The van der Waals surface area contributed by atoms with Gasteiger partial charge in [0.1, 0.15) is 12.1 Å². The molecule has 2 unspecified atom stereocenters. The van der Waals surface area contributed by atoms with Gasteiger partial charge in [0.25, 0.3) is 0 Å². The van der Waals surface area contributed by atoms with Crippen LogP contribution < -0.4 is 10.6 Å². The number of aromatic amines is 1. The van der Waals surface area contributed by atoms with Crippen molar-refractivity contribution in [2.45, 2.75) is 24.7 Å². The van der Waals surface area contributed by atoms with Crippen LogP contribution in [0.15, 0.2) is 76.8 Å². The summed E-state index contributed by atoms with van der Waals surface area (Å²) in [5.74, 6) is 0.303. The van der Waals surface area contributed by atoms with Crippen LogP contribution in [0, 0.1) is 11.3 Å². The Bertz CT molecular complexity index is 1190. The number of thiophene rings is 1. The first-order chi connectivity index (χ1) is 14.7. The Labute approximate surface area is 177 Å². The number of nitrogens with one attached hydrogen (secondary N) is 1. The van der Waals surface area contributed by atoms with Gasteiger partial charge in [0, 0.05) is 22.6 Å². The van der Waals surface area contributed by atoms with Crippen LogP contribution >= 0.6 is 11.3 Å². The molecule has 3 N–H and O–H groups in total. The van der Waals surface area contributed by atoms with E-state index in [1.807, 2.05) is 47.8 Å². The number of carbonyl (C=O) groups excluding carboxylic acids is 1. The Balaban J connectivity index is 1.71. The van der Waals surface area contributed by atoms with Gasteiger partial charge in [-0.1, -0.05) is 36.4 Å². The van der Waals surface area contributed by atoms with Crippen molar-refractivity contribution in [3.63, 3.8) is 0 Å². The molecule has 0 saturated carbocycles. The molecule has 2 aliphatic rings. The van der Waals surface area contributed by atoms with Gasteiger partial charge in [-0.15, -0.1) is 11.3 Å². The highest BCUT2D eigenvalue weighted by molar-refractivity contribution is 7.10. The lowest BCUT2D eigenvalue weighted by atomic mass is 9.73. The fourth-order valence-corrected chi connectivity index (χ4v) is 5.22. The van der Waals surface area contributed by atoms with E-state index < -0.39 is 5.92 Å². The normalized spacial score (nSPS) is 21.6. The van der Waals surface area contributed by atoms with Crippen molar-refractivity contribution >= 4 is 23.1 Å². The molecule has 7 nitrogen and oxygen atoms in total. The van der Waals surface area contributed by atoms with Crippen LogP contribution in [0.2, 0.25) is 0 Å². The zero-order valence-electron chi connectivity index (χ0n) is 15.9. The summed E-state index contributed by atoms with van der Waals surface area (Å²) >= 11 is 1.52. The van der Waals surface area contributed by atoms with Crippen molar-refractivity contribution in [2.24, 2.45) is 5.73 Å². The molecule has 0 saturated heterocycles. The van der Waals surface area contributed by atoms with E-state index in [2.05, 4.69) is 21.3 Å². The van der Waals surface area contributed by atoms with Crippen LogP contribution in [0.5, 0.6) is 0 Å². The summed E-state index contributed by atoms with van der Waals surface area (Å²) < 4.78 is 0. The minimum Gasteiger partial charge on any atom is -0.384 e. The van der Waals surface area contributed by atoms with E-state index >= 15 is 0 Å². The number of rotatable bonds is 3. The van der Waals surface area contributed by atoms with Gasteiger partial charge in [0.05, 0.1) is 17.6 Å². The molecule has 0 fully saturated rings. The zero-order chi connectivity index (χ0) is 20.7. The summed E-state index contributed by atoms with van der Waals surface area (Å²) in [4.78, 5) is 20.4. The average Bonchev–Trinajstić information content (AvgIpc) is 3.48. The van der Waals surface area contributed by atoms with Crippen molar-refractivity contribution in [1.29, 1.82) is 5.26 Å². The molecule has 3 aromatic rings. The number of nitriles is 1. The van der Waals surface area contributed by atoms with E-state index in [0.717, 1.165) is 16.1 Å². The summed E-state index contributed by atoms with van der Waals surface area (Å²) in [5, 5.41) is 18.7. The molecule has 2 atom stereocenters. The second-order valence-corrected chi connectivity index (χ2v) is 8.28. The summed E-state index contributed by atoms with van der Waals surface area (Å²) in [6.07, 6.45) is 2.40. The molecule has 5 rings (SSSR count). The Morgan fingerprint density at radius 1 is 1.20 bits per heavy atom. The maximum Gasteiger partial charge on any atom is 0.231 e. The SMILES string of the molecule is N#CC1=C(N)N(c2ncn[nH]2)C2=C(C(=O)CC(c3ccccc3)C2)C1c1cccs1. The summed E-state index contributed by atoms with van der Waals surface area (Å²) in [5.41, 5.74) is 9.40. The molecule has 1 aromatic carbocycles. The molecule has 1 aliphatic heterocycles. The fourth-order valence-electron chi connectivity index (χ4n) is 4.38. The predicted molar refractivity (Wildman–Crippen MR) is 113 cm³/mol. The predicted octanol–water partition coefficient (Wildman–Crippen LogP) is 3.56. The van der Waals surface area contributed by atoms with Crippen LogP contribution in [0.3, 0.4) is 0 Å². The number of H-pyrrole nitrogens is 1. The van der Waals surface area contributed by atoms with Crippen LogP contribution in [0.1, 0.15) is 35.1 Å².